The summed E-state index contributed by atoms with van der Waals surface area (Å²) in [5.74, 6) is -0.00456. The maximum absolute atomic E-state index is 12.1. The zero-order valence-electron chi connectivity index (χ0n) is 15.4. The number of halogens is 1. The first-order valence-electron chi connectivity index (χ1n) is 8.91. The van der Waals surface area contributed by atoms with Gasteiger partial charge in [-0.25, -0.2) is 13.1 Å². The van der Waals surface area contributed by atoms with Crippen LogP contribution >= 0.6 is 11.6 Å². The zero-order valence-corrected chi connectivity index (χ0v) is 16.9. The molecule has 1 aromatic carbocycles. The van der Waals surface area contributed by atoms with Crippen molar-refractivity contribution in [1.29, 1.82) is 0 Å². The first kappa shape index (κ1) is 21.9. The van der Waals surface area contributed by atoms with Gasteiger partial charge in [-0.15, -0.1) is 0 Å². The highest BCUT2D eigenvalue weighted by molar-refractivity contribution is 7.89. The van der Waals surface area contributed by atoms with Gasteiger partial charge in [0, 0.05) is 32.7 Å². The Morgan fingerprint density at radius 2 is 2.04 bits per heavy atom. The van der Waals surface area contributed by atoms with Crippen LogP contribution < -0.4 is 14.8 Å². The van der Waals surface area contributed by atoms with E-state index in [0.717, 1.165) is 32.8 Å². The van der Waals surface area contributed by atoms with E-state index < -0.39 is 10.0 Å². The molecule has 0 atom stereocenters. The van der Waals surface area contributed by atoms with Crippen molar-refractivity contribution >= 4 is 27.5 Å². The smallest absolute Gasteiger partial charge is 0.257 e. The molecular formula is C17H26ClN3O5S. The molecule has 10 heteroatoms. The van der Waals surface area contributed by atoms with Crippen molar-refractivity contribution in [2.75, 3.05) is 52.5 Å². The third-order valence-electron chi connectivity index (χ3n) is 3.97. The summed E-state index contributed by atoms with van der Waals surface area (Å²) in [7, 11) is -3.60. The number of nitrogens with zero attached hydrogens (tertiary/aromatic N) is 1. The minimum absolute atomic E-state index is 0.0586. The number of nitrogens with one attached hydrogen (secondary N) is 2. The number of hydrogen-bond acceptors (Lipinski definition) is 6. The van der Waals surface area contributed by atoms with E-state index in [1.165, 1.54) is 18.2 Å². The number of carbonyl (C=O) groups is 1. The summed E-state index contributed by atoms with van der Waals surface area (Å²) < 4.78 is 37.3. The van der Waals surface area contributed by atoms with Gasteiger partial charge >= 0.3 is 0 Å². The maximum Gasteiger partial charge on any atom is 0.257 e. The lowest BCUT2D eigenvalue weighted by Gasteiger charge is -2.26. The lowest BCUT2D eigenvalue weighted by Crippen LogP contribution is -2.42. The average Bonchev–Trinajstić information content (AvgIpc) is 2.66. The molecule has 1 aliphatic heterocycles. The van der Waals surface area contributed by atoms with Crippen molar-refractivity contribution in [3.05, 3.63) is 23.2 Å². The number of sulfonamides is 1. The Morgan fingerprint density at radius 3 is 2.70 bits per heavy atom. The molecular weight excluding hydrogens is 394 g/mol. The van der Waals surface area contributed by atoms with Crippen LogP contribution in [0.2, 0.25) is 5.02 Å². The molecule has 1 amide bonds. The standard InChI is InChI=1S/C17H26ClN3O5S/c1-2-5-20-27(23,24)14-3-4-16(15(18)12-14)26-13-17(22)19-6-7-21-8-10-25-11-9-21/h3-4,12,20H,2,5-11,13H2,1H3,(H,19,22). The topological polar surface area (TPSA) is 97.0 Å². The Balaban J connectivity index is 1.78. The Hall–Kier alpha value is -1.39. The molecule has 0 spiro atoms. The molecule has 0 aromatic heterocycles. The molecule has 152 valence electrons. The third-order valence-corrected chi connectivity index (χ3v) is 5.72. The van der Waals surface area contributed by atoms with E-state index >= 15 is 0 Å². The molecule has 0 radical (unpaired) electrons. The predicted molar refractivity (Wildman–Crippen MR) is 103 cm³/mol. The normalized spacial score (nSPS) is 15.5. The molecule has 1 aromatic rings. The SMILES string of the molecule is CCCNS(=O)(=O)c1ccc(OCC(=O)NCCN2CCOCC2)c(Cl)c1. The van der Waals surface area contributed by atoms with Crippen LogP contribution in [0.4, 0.5) is 0 Å². The highest BCUT2D eigenvalue weighted by atomic mass is 35.5. The number of rotatable bonds is 10. The first-order valence-corrected chi connectivity index (χ1v) is 10.8. The number of benzene rings is 1. The monoisotopic (exact) mass is 419 g/mol. The molecule has 0 unspecified atom stereocenters. The molecule has 0 aliphatic carbocycles. The quantitative estimate of drug-likeness (QED) is 0.583. The largest absolute Gasteiger partial charge is 0.482 e. The van der Waals surface area contributed by atoms with Crippen molar-refractivity contribution in [3.8, 4) is 5.75 Å². The molecule has 8 nitrogen and oxygen atoms in total. The lowest BCUT2D eigenvalue weighted by molar-refractivity contribution is -0.123. The minimum atomic E-state index is -3.60. The van der Waals surface area contributed by atoms with Crippen molar-refractivity contribution in [2.24, 2.45) is 0 Å². The molecule has 0 bridgehead atoms. The van der Waals surface area contributed by atoms with Crippen LogP contribution in [-0.4, -0.2) is 71.8 Å². The van der Waals surface area contributed by atoms with Gasteiger partial charge in [-0.2, -0.15) is 0 Å². The molecule has 1 saturated heterocycles. The Morgan fingerprint density at radius 1 is 1.30 bits per heavy atom. The lowest BCUT2D eigenvalue weighted by atomic mass is 10.3. The molecule has 2 rings (SSSR count). The van der Waals surface area contributed by atoms with Crippen LogP contribution in [0.5, 0.6) is 5.75 Å². The summed E-state index contributed by atoms with van der Waals surface area (Å²) in [6.07, 6.45) is 0.689. The first-order chi connectivity index (χ1) is 12.9. The van der Waals surface area contributed by atoms with E-state index in [-0.39, 0.29) is 28.2 Å². The fourth-order valence-electron chi connectivity index (χ4n) is 2.46. The van der Waals surface area contributed by atoms with E-state index in [2.05, 4.69) is 14.9 Å². The second kappa shape index (κ2) is 10.8. The van der Waals surface area contributed by atoms with E-state index in [1.807, 2.05) is 6.92 Å². The zero-order chi connectivity index (χ0) is 19.7. The fraction of sp³-hybridized carbons (Fsp3) is 0.588. The van der Waals surface area contributed by atoms with Gasteiger partial charge in [-0.1, -0.05) is 18.5 Å². The van der Waals surface area contributed by atoms with Crippen LogP contribution in [0.15, 0.2) is 23.1 Å². The summed E-state index contributed by atoms with van der Waals surface area (Å²) in [5, 5.41) is 2.92. The summed E-state index contributed by atoms with van der Waals surface area (Å²) >= 11 is 6.09. The van der Waals surface area contributed by atoms with Gasteiger partial charge in [0.15, 0.2) is 6.61 Å². The van der Waals surface area contributed by atoms with Gasteiger partial charge < -0.3 is 14.8 Å². The van der Waals surface area contributed by atoms with Crippen molar-refractivity contribution in [2.45, 2.75) is 18.2 Å². The van der Waals surface area contributed by atoms with Crippen molar-refractivity contribution < 1.29 is 22.7 Å². The molecule has 27 heavy (non-hydrogen) atoms. The molecule has 0 saturated carbocycles. The second-order valence-corrected chi connectivity index (χ2v) is 8.26. The van der Waals surface area contributed by atoms with Crippen LogP contribution in [-0.2, 0) is 19.6 Å². The molecule has 1 fully saturated rings. The van der Waals surface area contributed by atoms with Gasteiger partial charge in [-0.05, 0) is 24.6 Å². The number of ether oxygens (including phenoxy) is 2. The fourth-order valence-corrected chi connectivity index (χ4v) is 3.92. The summed E-state index contributed by atoms with van der Waals surface area (Å²) in [6.45, 7) is 6.48. The highest BCUT2D eigenvalue weighted by Crippen LogP contribution is 2.27. The Labute approximate surface area is 165 Å². The van der Waals surface area contributed by atoms with Crippen LogP contribution in [0.1, 0.15) is 13.3 Å². The molecule has 1 aliphatic rings. The number of hydrogen-bond donors (Lipinski definition) is 2. The highest BCUT2D eigenvalue weighted by Gasteiger charge is 2.16. The average molecular weight is 420 g/mol. The molecule has 1 heterocycles. The minimum Gasteiger partial charge on any atom is -0.482 e. The summed E-state index contributed by atoms with van der Waals surface area (Å²) in [6, 6.07) is 4.16. The van der Waals surface area contributed by atoms with E-state index in [0.29, 0.717) is 19.5 Å². The number of morpholine rings is 1. The van der Waals surface area contributed by atoms with Gasteiger partial charge in [-0.3, -0.25) is 9.69 Å². The maximum atomic E-state index is 12.1. The summed E-state index contributed by atoms with van der Waals surface area (Å²) in [5.41, 5.74) is 0. The van der Waals surface area contributed by atoms with E-state index in [9.17, 15) is 13.2 Å². The van der Waals surface area contributed by atoms with Gasteiger partial charge in [0.2, 0.25) is 10.0 Å². The second-order valence-electron chi connectivity index (χ2n) is 6.08. The molecule has 2 N–H and O–H groups in total. The van der Waals surface area contributed by atoms with Crippen LogP contribution in [0, 0.1) is 0 Å². The van der Waals surface area contributed by atoms with Gasteiger partial charge in [0.1, 0.15) is 5.75 Å². The Bertz CT molecular complexity index is 723. The van der Waals surface area contributed by atoms with Crippen molar-refractivity contribution in [3.63, 3.8) is 0 Å². The summed E-state index contributed by atoms with van der Waals surface area (Å²) in [4.78, 5) is 14.2. The number of amides is 1. The van der Waals surface area contributed by atoms with E-state index in [1.54, 1.807) is 0 Å². The Kier molecular flexibility index (Phi) is 8.78. The van der Waals surface area contributed by atoms with E-state index in [4.69, 9.17) is 21.1 Å². The third kappa shape index (κ3) is 7.27. The van der Waals surface area contributed by atoms with Crippen LogP contribution in [0.25, 0.3) is 0 Å². The van der Waals surface area contributed by atoms with Crippen LogP contribution in [0.3, 0.4) is 0 Å². The predicted octanol–water partition coefficient (Wildman–Crippen LogP) is 0.856. The van der Waals surface area contributed by atoms with Crippen molar-refractivity contribution in [1.82, 2.24) is 14.9 Å². The van der Waals surface area contributed by atoms with Gasteiger partial charge in [0.25, 0.3) is 5.91 Å². The van der Waals surface area contributed by atoms with Gasteiger partial charge in [0.05, 0.1) is 23.1 Å². The number of carbonyl (C=O) groups excluding carboxylic acids is 1.